The van der Waals surface area contributed by atoms with E-state index >= 15 is 0 Å². The molecule has 1 rings (SSSR count). The molecule has 0 saturated heterocycles. The fraction of sp³-hybridized carbons (Fsp3) is 0.556. The van der Waals surface area contributed by atoms with Crippen LogP contribution >= 0.6 is 0 Å². The number of allylic oxidation sites excluding steroid dienone is 1. The summed E-state index contributed by atoms with van der Waals surface area (Å²) in [6.45, 7) is 5.01. The molecule has 0 fully saturated rings. The maximum atomic E-state index is 11.3. The number of hydrogen-bond donors (Lipinski definition) is 0. The van der Waals surface area contributed by atoms with E-state index in [9.17, 15) is 9.59 Å². The number of hydrogen-bond acceptors (Lipinski definition) is 5. The van der Waals surface area contributed by atoms with Gasteiger partial charge in [0.25, 0.3) is 0 Å². The van der Waals surface area contributed by atoms with Crippen LogP contribution in [0.25, 0.3) is 0 Å². The molecule has 78 valence electrons. The lowest BCUT2D eigenvalue weighted by atomic mass is 10.2. The fourth-order valence-electron chi connectivity index (χ4n) is 1.08. The average molecular weight is 200 g/mol. The van der Waals surface area contributed by atoms with E-state index in [2.05, 4.69) is 4.74 Å². The highest BCUT2D eigenvalue weighted by atomic mass is 16.7. The van der Waals surface area contributed by atoms with Gasteiger partial charge < -0.3 is 14.2 Å². The van der Waals surface area contributed by atoms with Crippen LogP contribution in [0.2, 0.25) is 0 Å². The highest BCUT2D eigenvalue weighted by molar-refractivity contribution is 6.00. The Hall–Kier alpha value is -1.52. The molecule has 0 aromatic carbocycles. The van der Waals surface area contributed by atoms with Crippen LogP contribution in [-0.4, -0.2) is 24.6 Å². The third-order valence-electron chi connectivity index (χ3n) is 1.71. The summed E-state index contributed by atoms with van der Waals surface area (Å²) in [5.41, 5.74) is 0. The zero-order valence-electron chi connectivity index (χ0n) is 8.33. The Morgan fingerprint density at radius 2 is 2.21 bits per heavy atom. The first-order valence-corrected chi connectivity index (χ1v) is 4.32. The summed E-state index contributed by atoms with van der Waals surface area (Å²) in [4.78, 5) is 22.3. The van der Waals surface area contributed by atoms with Crippen LogP contribution in [0.3, 0.4) is 0 Å². The number of ketones is 1. The van der Waals surface area contributed by atoms with E-state index in [-0.39, 0.29) is 18.1 Å². The van der Waals surface area contributed by atoms with Gasteiger partial charge in [0.15, 0.2) is 6.10 Å². The number of Topliss-reactive ketones (excluding diaryl/α,β-unsaturated/α-hetero) is 1. The number of carbonyl (C=O) groups excluding carboxylic acids is 2. The summed E-state index contributed by atoms with van der Waals surface area (Å²) in [5.74, 6) is -0.0814. The molecule has 0 N–H and O–H groups in total. The lowest BCUT2D eigenvalue weighted by Crippen LogP contribution is -2.17. The number of carbonyl (C=O) groups is 2. The third kappa shape index (κ3) is 2.04. The molecular weight excluding hydrogens is 188 g/mol. The lowest BCUT2D eigenvalue weighted by molar-refractivity contribution is -0.122. The van der Waals surface area contributed by atoms with Crippen LogP contribution < -0.4 is 0 Å². The summed E-state index contributed by atoms with van der Waals surface area (Å²) >= 11 is 0. The minimum Gasteiger partial charge on any atom is -0.483 e. The van der Waals surface area contributed by atoms with E-state index < -0.39 is 12.3 Å². The van der Waals surface area contributed by atoms with Crippen molar-refractivity contribution in [2.24, 2.45) is 0 Å². The minimum absolute atomic E-state index is 0.0593. The molecule has 0 aromatic rings. The van der Waals surface area contributed by atoms with Crippen LogP contribution in [-0.2, 0) is 19.0 Å². The topological polar surface area (TPSA) is 61.8 Å². The maximum absolute atomic E-state index is 11.3. The molecule has 1 aliphatic rings. The summed E-state index contributed by atoms with van der Waals surface area (Å²) < 4.78 is 14.3. The number of rotatable bonds is 2. The van der Waals surface area contributed by atoms with E-state index in [1.54, 1.807) is 20.8 Å². The van der Waals surface area contributed by atoms with E-state index in [1.807, 2.05) is 0 Å². The molecule has 1 heterocycles. The molecule has 0 radical (unpaired) electrons. The van der Waals surface area contributed by atoms with Gasteiger partial charge in [-0.1, -0.05) is 0 Å². The summed E-state index contributed by atoms with van der Waals surface area (Å²) in [6, 6.07) is 0. The van der Waals surface area contributed by atoms with Crippen molar-refractivity contribution in [3.63, 3.8) is 0 Å². The Morgan fingerprint density at radius 1 is 1.57 bits per heavy atom. The second-order valence-electron chi connectivity index (χ2n) is 2.79. The molecule has 1 unspecified atom stereocenters. The van der Waals surface area contributed by atoms with E-state index in [1.165, 1.54) is 0 Å². The van der Waals surface area contributed by atoms with Crippen molar-refractivity contribution in [2.75, 3.05) is 6.61 Å². The monoisotopic (exact) mass is 200 g/mol. The van der Waals surface area contributed by atoms with Gasteiger partial charge in [-0.05, 0) is 20.8 Å². The largest absolute Gasteiger partial charge is 0.514 e. The van der Waals surface area contributed by atoms with Gasteiger partial charge in [-0.2, -0.15) is 0 Å². The molecule has 1 atom stereocenters. The quantitative estimate of drug-likeness (QED) is 0.630. The third-order valence-corrected chi connectivity index (χ3v) is 1.71. The molecule has 5 heteroatoms. The van der Waals surface area contributed by atoms with Gasteiger partial charge >= 0.3 is 6.16 Å². The van der Waals surface area contributed by atoms with Gasteiger partial charge in [0.2, 0.25) is 11.5 Å². The molecule has 5 nitrogen and oxygen atoms in total. The van der Waals surface area contributed by atoms with Gasteiger partial charge in [-0.15, -0.1) is 0 Å². The van der Waals surface area contributed by atoms with Crippen LogP contribution in [0.1, 0.15) is 20.8 Å². The molecule has 0 amide bonds. The van der Waals surface area contributed by atoms with E-state index in [0.29, 0.717) is 5.76 Å². The van der Waals surface area contributed by atoms with Crippen molar-refractivity contribution >= 4 is 11.9 Å². The Bertz CT molecular complexity index is 292. The van der Waals surface area contributed by atoms with Crippen molar-refractivity contribution in [3.8, 4) is 0 Å². The highest BCUT2D eigenvalue weighted by Crippen LogP contribution is 2.22. The lowest BCUT2D eigenvalue weighted by Gasteiger charge is -2.02. The fourth-order valence-corrected chi connectivity index (χ4v) is 1.08. The summed E-state index contributed by atoms with van der Waals surface area (Å²) in [6.07, 6.45) is -1.47. The predicted molar refractivity (Wildman–Crippen MR) is 46.4 cm³/mol. The predicted octanol–water partition coefficient (Wildman–Crippen LogP) is 1.38. The van der Waals surface area contributed by atoms with Crippen LogP contribution in [0.15, 0.2) is 11.5 Å². The molecule has 0 bridgehead atoms. The van der Waals surface area contributed by atoms with Gasteiger partial charge in [0.05, 0.1) is 6.61 Å². The van der Waals surface area contributed by atoms with Crippen LogP contribution in [0.5, 0.6) is 0 Å². The normalized spacial score (nSPS) is 20.8. The van der Waals surface area contributed by atoms with Gasteiger partial charge in [0, 0.05) is 0 Å². The Balaban J connectivity index is 2.64. The van der Waals surface area contributed by atoms with Crippen LogP contribution in [0, 0.1) is 0 Å². The standard InChI is InChI=1S/C9H12O5/c1-4-12-9(11)14-8-6(3)13-5(2)7(8)10/h5H,4H2,1-3H3. The molecule has 14 heavy (non-hydrogen) atoms. The van der Waals surface area contributed by atoms with Crippen molar-refractivity contribution in [1.82, 2.24) is 0 Å². The molecule has 0 aromatic heterocycles. The smallest absolute Gasteiger partial charge is 0.483 e. The second-order valence-corrected chi connectivity index (χ2v) is 2.79. The van der Waals surface area contributed by atoms with E-state index in [4.69, 9.17) is 9.47 Å². The second kappa shape index (κ2) is 4.13. The molecule has 0 saturated carbocycles. The number of ether oxygens (including phenoxy) is 3. The molecule has 1 aliphatic heterocycles. The average Bonchev–Trinajstić information content (AvgIpc) is 2.33. The highest BCUT2D eigenvalue weighted by Gasteiger charge is 2.33. The molecule has 0 aliphatic carbocycles. The zero-order valence-corrected chi connectivity index (χ0v) is 8.33. The van der Waals surface area contributed by atoms with Gasteiger partial charge in [-0.3, -0.25) is 4.79 Å². The minimum atomic E-state index is -0.882. The Labute approximate surface area is 81.6 Å². The van der Waals surface area contributed by atoms with Crippen molar-refractivity contribution in [3.05, 3.63) is 11.5 Å². The zero-order chi connectivity index (χ0) is 10.7. The first-order valence-electron chi connectivity index (χ1n) is 4.32. The van der Waals surface area contributed by atoms with Crippen LogP contribution in [0.4, 0.5) is 4.79 Å². The Kier molecular flexibility index (Phi) is 3.11. The molecular formula is C9H12O5. The summed E-state index contributed by atoms with van der Waals surface area (Å²) in [5, 5.41) is 0. The van der Waals surface area contributed by atoms with Crippen molar-refractivity contribution in [1.29, 1.82) is 0 Å². The Morgan fingerprint density at radius 3 is 2.64 bits per heavy atom. The van der Waals surface area contributed by atoms with Gasteiger partial charge in [0.1, 0.15) is 5.76 Å². The first kappa shape index (κ1) is 10.6. The molecule has 0 spiro atoms. The maximum Gasteiger partial charge on any atom is 0.514 e. The summed E-state index contributed by atoms with van der Waals surface area (Å²) in [7, 11) is 0. The van der Waals surface area contributed by atoms with E-state index in [0.717, 1.165) is 0 Å². The SMILES string of the molecule is CCOC(=O)OC1=C(C)OC(C)C1=O. The van der Waals surface area contributed by atoms with Gasteiger partial charge in [-0.25, -0.2) is 4.79 Å². The van der Waals surface area contributed by atoms with Crippen molar-refractivity contribution < 1.29 is 23.8 Å². The first-order chi connectivity index (χ1) is 6.56. The van der Waals surface area contributed by atoms with Crippen molar-refractivity contribution in [2.45, 2.75) is 26.9 Å².